The van der Waals surface area contributed by atoms with Crippen LogP contribution in [0.1, 0.15) is 23.0 Å². The zero-order chi connectivity index (χ0) is 19.0. The van der Waals surface area contributed by atoms with Crippen LogP contribution in [0.2, 0.25) is 0 Å². The average Bonchev–Trinajstić information content (AvgIpc) is 3.04. The number of esters is 1. The van der Waals surface area contributed by atoms with E-state index in [0.717, 1.165) is 11.2 Å². The fourth-order valence-electron chi connectivity index (χ4n) is 3.32. The molecule has 0 atom stereocenters. The molecule has 2 aromatic heterocycles. The molecule has 0 saturated heterocycles. The summed E-state index contributed by atoms with van der Waals surface area (Å²) in [5, 5.41) is 21.7. The molecule has 4 rings (SSSR count). The number of fused-ring (bicyclic) bond motifs is 3. The Labute approximate surface area is 154 Å². The molecule has 4 aromatic rings. The lowest BCUT2D eigenvalue weighted by molar-refractivity contribution is 0.0516. The minimum absolute atomic E-state index is 0.150. The van der Waals surface area contributed by atoms with Crippen LogP contribution in [0.5, 0.6) is 5.75 Å². The van der Waals surface area contributed by atoms with Crippen LogP contribution in [-0.2, 0) is 4.74 Å². The number of hydrogen-bond donors (Lipinski definition) is 1. The zero-order valence-corrected chi connectivity index (χ0v) is 14.5. The molecule has 0 amide bonds. The largest absolute Gasteiger partial charge is 0.504 e. The number of carbonyl (C=O) groups excluding carboxylic acids is 1. The molecule has 2 aromatic carbocycles. The number of pyridine rings is 1. The molecule has 0 aliphatic heterocycles. The summed E-state index contributed by atoms with van der Waals surface area (Å²) in [6.07, 6.45) is 1.50. The molecular formula is C21H15N3O3. The average molecular weight is 357 g/mol. The lowest BCUT2D eigenvalue weighted by Crippen LogP contribution is -2.08. The normalized spacial score (nSPS) is 10.8. The van der Waals surface area contributed by atoms with Gasteiger partial charge in [-0.1, -0.05) is 24.3 Å². The highest BCUT2D eigenvalue weighted by atomic mass is 16.5. The van der Waals surface area contributed by atoms with Crippen LogP contribution in [0.25, 0.3) is 27.5 Å². The molecule has 0 unspecified atom stereocenters. The maximum atomic E-state index is 12.2. The molecule has 132 valence electrons. The van der Waals surface area contributed by atoms with Crippen LogP contribution < -0.4 is 0 Å². The first-order valence-electron chi connectivity index (χ1n) is 8.45. The topological polar surface area (TPSA) is 88.1 Å². The van der Waals surface area contributed by atoms with Crippen molar-refractivity contribution in [3.63, 3.8) is 0 Å². The van der Waals surface area contributed by atoms with E-state index in [0.29, 0.717) is 21.9 Å². The Hall–Kier alpha value is -3.85. The number of nitrogens with zero attached hydrogens (tertiary/aromatic N) is 3. The van der Waals surface area contributed by atoms with E-state index in [4.69, 9.17) is 4.74 Å². The molecule has 0 fully saturated rings. The van der Waals surface area contributed by atoms with Gasteiger partial charge in [-0.2, -0.15) is 5.26 Å². The van der Waals surface area contributed by atoms with Crippen LogP contribution >= 0.6 is 0 Å². The summed E-state index contributed by atoms with van der Waals surface area (Å²) < 4.78 is 6.82. The summed E-state index contributed by atoms with van der Waals surface area (Å²) in [5.41, 5.74) is 2.27. The fraction of sp³-hybridized carbons (Fsp3) is 0.0952. The Morgan fingerprint density at radius 1 is 1.22 bits per heavy atom. The predicted octanol–water partition coefficient (Wildman–Crippen LogP) is 3.93. The van der Waals surface area contributed by atoms with Gasteiger partial charge in [0.2, 0.25) is 0 Å². The maximum absolute atomic E-state index is 12.2. The Balaban J connectivity index is 2.19. The number of aromatic nitrogens is 2. The smallest absolute Gasteiger partial charge is 0.360 e. The van der Waals surface area contributed by atoms with Crippen molar-refractivity contribution in [1.29, 1.82) is 5.26 Å². The number of benzene rings is 2. The molecule has 0 saturated carbocycles. The molecule has 6 heteroatoms. The standard InChI is InChI=1S/C21H15N3O3/c1-2-27-21(26)18-20(25)19-15(12-23-18)17-13(11-22)7-6-10-16(17)24(19)14-8-4-3-5-9-14/h3-10,12,25H,2H2,1H3. The van der Waals surface area contributed by atoms with Crippen LogP contribution in [0.15, 0.2) is 54.7 Å². The highest BCUT2D eigenvalue weighted by molar-refractivity contribution is 6.14. The van der Waals surface area contributed by atoms with Crippen molar-refractivity contribution in [1.82, 2.24) is 9.55 Å². The van der Waals surface area contributed by atoms with Crippen molar-refractivity contribution >= 4 is 27.8 Å². The number of para-hydroxylation sites is 1. The quantitative estimate of drug-likeness (QED) is 0.561. The molecule has 0 radical (unpaired) electrons. The third-order valence-corrected chi connectivity index (χ3v) is 4.41. The molecule has 0 aliphatic carbocycles. The maximum Gasteiger partial charge on any atom is 0.360 e. The summed E-state index contributed by atoms with van der Waals surface area (Å²) in [6, 6.07) is 17.0. The Morgan fingerprint density at radius 2 is 2.00 bits per heavy atom. The van der Waals surface area contributed by atoms with Crippen molar-refractivity contribution in [3.8, 4) is 17.5 Å². The summed E-state index contributed by atoms with van der Waals surface area (Å²) in [6.45, 7) is 1.87. The molecule has 0 bridgehead atoms. The first kappa shape index (κ1) is 16.6. The van der Waals surface area contributed by atoms with Crippen molar-refractivity contribution in [2.75, 3.05) is 6.61 Å². The lowest BCUT2D eigenvalue weighted by atomic mass is 10.1. The number of hydrogen-bond acceptors (Lipinski definition) is 5. The van der Waals surface area contributed by atoms with Gasteiger partial charge in [-0.05, 0) is 31.2 Å². The van der Waals surface area contributed by atoms with Gasteiger partial charge in [0.1, 0.15) is 5.52 Å². The first-order valence-corrected chi connectivity index (χ1v) is 8.45. The summed E-state index contributed by atoms with van der Waals surface area (Å²) >= 11 is 0. The number of rotatable bonds is 3. The van der Waals surface area contributed by atoms with E-state index in [1.807, 2.05) is 41.0 Å². The first-order chi connectivity index (χ1) is 13.2. The SMILES string of the molecule is CCOC(=O)c1ncc2c3c(C#N)cccc3n(-c3ccccc3)c2c1O. The number of nitriles is 1. The van der Waals surface area contributed by atoms with Gasteiger partial charge in [0.25, 0.3) is 0 Å². The third-order valence-electron chi connectivity index (χ3n) is 4.41. The van der Waals surface area contributed by atoms with Gasteiger partial charge in [0, 0.05) is 22.7 Å². The van der Waals surface area contributed by atoms with Gasteiger partial charge in [-0.15, -0.1) is 0 Å². The lowest BCUT2D eigenvalue weighted by Gasteiger charge is -2.10. The van der Waals surface area contributed by atoms with Gasteiger partial charge in [0.15, 0.2) is 11.4 Å². The van der Waals surface area contributed by atoms with Gasteiger partial charge < -0.3 is 14.4 Å². The summed E-state index contributed by atoms with van der Waals surface area (Å²) in [5.74, 6) is -0.961. The molecular weight excluding hydrogens is 342 g/mol. The molecule has 27 heavy (non-hydrogen) atoms. The highest BCUT2D eigenvalue weighted by Gasteiger charge is 2.23. The van der Waals surface area contributed by atoms with Crippen LogP contribution in [0.4, 0.5) is 0 Å². The van der Waals surface area contributed by atoms with Crippen LogP contribution in [-0.4, -0.2) is 27.2 Å². The van der Waals surface area contributed by atoms with Crippen molar-refractivity contribution in [2.24, 2.45) is 0 Å². The highest BCUT2D eigenvalue weighted by Crippen LogP contribution is 2.39. The van der Waals surface area contributed by atoms with Crippen LogP contribution in [0, 0.1) is 11.3 Å². The molecule has 0 spiro atoms. The minimum atomic E-state index is -0.692. The van der Waals surface area contributed by atoms with Crippen molar-refractivity contribution < 1.29 is 14.6 Å². The number of aromatic hydroxyl groups is 1. The molecule has 6 nitrogen and oxygen atoms in total. The number of carbonyl (C=O) groups is 1. The van der Waals surface area contributed by atoms with Gasteiger partial charge in [-0.25, -0.2) is 9.78 Å². The van der Waals surface area contributed by atoms with E-state index in [2.05, 4.69) is 11.1 Å². The van der Waals surface area contributed by atoms with E-state index >= 15 is 0 Å². The summed E-state index contributed by atoms with van der Waals surface area (Å²) in [4.78, 5) is 16.3. The number of ether oxygens (including phenoxy) is 1. The van der Waals surface area contributed by atoms with E-state index in [1.54, 1.807) is 19.1 Å². The Bertz CT molecular complexity index is 1220. The van der Waals surface area contributed by atoms with Crippen LogP contribution in [0.3, 0.4) is 0 Å². The minimum Gasteiger partial charge on any atom is -0.504 e. The zero-order valence-electron chi connectivity index (χ0n) is 14.5. The van der Waals surface area contributed by atoms with E-state index in [1.165, 1.54) is 6.20 Å². The predicted molar refractivity (Wildman–Crippen MR) is 101 cm³/mol. The fourth-order valence-corrected chi connectivity index (χ4v) is 3.32. The third kappa shape index (κ3) is 2.49. The van der Waals surface area contributed by atoms with Gasteiger partial charge in [-0.3, -0.25) is 0 Å². The van der Waals surface area contributed by atoms with E-state index < -0.39 is 5.97 Å². The monoisotopic (exact) mass is 357 g/mol. The van der Waals surface area contributed by atoms with Crippen molar-refractivity contribution in [3.05, 3.63) is 66.0 Å². The summed E-state index contributed by atoms with van der Waals surface area (Å²) in [7, 11) is 0. The Morgan fingerprint density at radius 3 is 2.70 bits per heavy atom. The molecule has 0 aliphatic rings. The van der Waals surface area contributed by atoms with E-state index in [9.17, 15) is 15.2 Å². The van der Waals surface area contributed by atoms with Gasteiger partial charge >= 0.3 is 5.97 Å². The Kier molecular flexibility index (Phi) is 3.98. The second-order valence-electron chi connectivity index (χ2n) is 5.92. The molecule has 2 heterocycles. The van der Waals surface area contributed by atoms with E-state index in [-0.39, 0.29) is 18.1 Å². The second kappa shape index (κ2) is 6.46. The van der Waals surface area contributed by atoms with Gasteiger partial charge in [0.05, 0.1) is 23.8 Å². The molecule has 1 N–H and O–H groups in total. The van der Waals surface area contributed by atoms with Crippen molar-refractivity contribution in [2.45, 2.75) is 6.92 Å². The second-order valence-corrected chi connectivity index (χ2v) is 5.92.